The number of hydrogen-bond donors (Lipinski definition) is 1. The molecule has 0 spiro atoms. The van der Waals surface area contributed by atoms with Gasteiger partial charge in [-0.2, -0.15) is 0 Å². The average Bonchev–Trinajstić information content (AvgIpc) is 2.51. The van der Waals surface area contributed by atoms with E-state index in [9.17, 15) is 0 Å². The van der Waals surface area contributed by atoms with E-state index in [0.717, 1.165) is 5.03 Å². The van der Waals surface area contributed by atoms with Crippen molar-refractivity contribution < 1.29 is 4.42 Å². The SMILES string of the molecule is Cc1nnc(Sc2cc(N)ccn2)o1. The van der Waals surface area contributed by atoms with Crippen molar-refractivity contribution in [1.82, 2.24) is 15.2 Å². The van der Waals surface area contributed by atoms with Crippen molar-refractivity contribution in [3.63, 3.8) is 0 Å². The standard InChI is InChI=1S/C8H8N4OS/c1-5-11-12-8(13-5)14-7-4-6(9)2-3-10-7/h2-4H,1H3,(H2,9,10). The highest BCUT2D eigenvalue weighted by molar-refractivity contribution is 7.99. The quantitative estimate of drug-likeness (QED) is 0.805. The van der Waals surface area contributed by atoms with Crippen molar-refractivity contribution >= 4 is 17.4 Å². The fraction of sp³-hybridized carbons (Fsp3) is 0.125. The molecule has 0 saturated carbocycles. The molecule has 2 N–H and O–H groups in total. The molecule has 6 heteroatoms. The lowest BCUT2D eigenvalue weighted by molar-refractivity contribution is 0.429. The number of aromatic nitrogens is 3. The Morgan fingerprint density at radius 1 is 1.43 bits per heavy atom. The molecule has 0 fully saturated rings. The van der Waals surface area contributed by atoms with E-state index in [1.54, 1.807) is 25.3 Å². The zero-order valence-electron chi connectivity index (χ0n) is 7.47. The van der Waals surface area contributed by atoms with Crippen LogP contribution in [0.1, 0.15) is 5.89 Å². The zero-order valence-corrected chi connectivity index (χ0v) is 8.28. The molecule has 0 bridgehead atoms. The number of hydrogen-bond acceptors (Lipinski definition) is 6. The van der Waals surface area contributed by atoms with Gasteiger partial charge in [0.2, 0.25) is 5.89 Å². The van der Waals surface area contributed by atoms with Crippen LogP contribution in [-0.2, 0) is 0 Å². The molecule has 72 valence electrons. The normalized spacial score (nSPS) is 10.4. The van der Waals surface area contributed by atoms with Crippen LogP contribution in [0.3, 0.4) is 0 Å². The lowest BCUT2D eigenvalue weighted by Crippen LogP contribution is -1.86. The van der Waals surface area contributed by atoms with Crippen LogP contribution in [0.5, 0.6) is 0 Å². The zero-order chi connectivity index (χ0) is 9.97. The third-order valence-corrected chi connectivity index (χ3v) is 2.23. The first-order valence-electron chi connectivity index (χ1n) is 3.93. The van der Waals surface area contributed by atoms with Gasteiger partial charge >= 0.3 is 0 Å². The minimum absolute atomic E-state index is 0.473. The van der Waals surface area contributed by atoms with Gasteiger partial charge in [0.15, 0.2) is 0 Å². The number of anilines is 1. The molecule has 0 atom stereocenters. The van der Waals surface area contributed by atoms with Gasteiger partial charge in [-0.05, 0) is 23.9 Å². The molecule has 0 saturated heterocycles. The summed E-state index contributed by atoms with van der Waals surface area (Å²) in [5.41, 5.74) is 6.26. The second kappa shape index (κ2) is 3.67. The summed E-state index contributed by atoms with van der Waals surface area (Å²) in [6.07, 6.45) is 1.64. The van der Waals surface area contributed by atoms with E-state index in [2.05, 4.69) is 15.2 Å². The Bertz CT molecular complexity index is 442. The van der Waals surface area contributed by atoms with Crippen LogP contribution in [0.2, 0.25) is 0 Å². The number of nitrogens with zero attached hydrogens (tertiary/aromatic N) is 3. The maximum absolute atomic E-state index is 5.60. The molecule has 2 heterocycles. The van der Waals surface area contributed by atoms with Crippen molar-refractivity contribution in [3.8, 4) is 0 Å². The highest BCUT2D eigenvalue weighted by atomic mass is 32.2. The molecule has 0 unspecified atom stereocenters. The van der Waals surface area contributed by atoms with Crippen molar-refractivity contribution in [2.75, 3.05) is 5.73 Å². The summed E-state index contributed by atoms with van der Waals surface area (Å²) in [6, 6.07) is 3.48. The van der Waals surface area contributed by atoms with Crippen molar-refractivity contribution in [1.29, 1.82) is 0 Å². The average molecular weight is 208 g/mol. The van der Waals surface area contributed by atoms with E-state index < -0.39 is 0 Å². The van der Waals surface area contributed by atoms with Gasteiger partial charge in [0.05, 0.1) is 0 Å². The fourth-order valence-corrected chi connectivity index (χ4v) is 1.62. The van der Waals surface area contributed by atoms with Gasteiger partial charge < -0.3 is 10.2 Å². The highest BCUT2D eigenvalue weighted by Crippen LogP contribution is 2.25. The third kappa shape index (κ3) is 2.02. The second-order valence-electron chi connectivity index (χ2n) is 2.62. The Kier molecular flexibility index (Phi) is 2.36. The third-order valence-electron chi connectivity index (χ3n) is 1.46. The van der Waals surface area contributed by atoms with E-state index in [4.69, 9.17) is 10.2 Å². The van der Waals surface area contributed by atoms with Gasteiger partial charge in [0.25, 0.3) is 5.22 Å². The first-order chi connectivity index (χ1) is 6.74. The molecular formula is C8H8N4OS. The Morgan fingerprint density at radius 2 is 2.29 bits per heavy atom. The molecule has 0 aromatic carbocycles. The largest absolute Gasteiger partial charge is 0.416 e. The van der Waals surface area contributed by atoms with E-state index in [1.165, 1.54) is 11.8 Å². The molecule has 0 aliphatic heterocycles. The summed E-state index contributed by atoms with van der Waals surface area (Å²) in [4.78, 5) is 4.10. The van der Waals surface area contributed by atoms with E-state index in [0.29, 0.717) is 16.8 Å². The number of pyridine rings is 1. The molecule has 0 amide bonds. The van der Waals surface area contributed by atoms with Crippen LogP contribution < -0.4 is 5.73 Å². The van der Waals surface area contributed by atoms with Crippen LogP contribution in [0.15, 0.2) is 33.0 Å². The van der Waals surface area contributed by atoms with Gasteiger partial charge in [-0.1, -0.05) is 0 Å². The summed E-state index contributed by atoms with van der Waals surface area (Å²) in [7, 11) is 0. The Morgan fingerprint density at radius 3 is 2.93 bits per heavy atom. The molecule has 0 aliphatic carbocycles. The first kappa shape index (κ1) is 9.01. The monoisotopic (exact) mass is 208 g/mol. The molecule has 14 heavy (non-hydrogen) atoms. The molecule has 0 aliphatic rings. The van der Waals surface area contributed by atoms with Gasteiger partial charge in [0.1, 0.15) is 5.03 Å². The maximum atomic E-state index is 5.60. The minimum Gasteiger partial charge on any atom is -0.416 e. The van der Waals surface area contributed by atoms with Crippen molar-refractivity contribution in [3.05, 3.63) is 24.2 Å². The molecular weight excluding hydrogens is 200 g/mol. The van der Waals surface area contributed by atoms with E-state index in [-0.39, 0.29) is 0 Å². The van der Waals surface area contributed by atoms with Gasteiger partial charge in [-0.15, -0.1) is 10.2 Å². The maximum Gasteiger partial charge on any atom is 0.282 e. The lowest BCUT2D eigenvalue weighted by Gasteiger charge is -1.95. The molecule has 5 nitrogen and oxygen atoms in total. The van der Waals surface area contributed by atoms with Crippen molar-refractivity contribution in [2.45, 2.75) is 17.2 Å². The Labute approximate surface area is 84.7 Å². The Hall–Kier alpha value is -1.56. The predicted molar refractivity (Wildman–Crippen MR) is 51.8 cm³/mol. The summed E-state index contributed by atoms with van der Waals surface area (Å²) in [5, 5.41) is 8.76. The molecule has 2 aromatic rings. The molecule has 2 rings (SSSR count). The van der Waals surface area contributed by atoms with E-state index in [1.807, 2.05) is 0 Å². The number of rotatable bonds is 2. The smallest absolute Gasteiger partial charge is 0.282 e. The minimum atomic E-state index is 0.473. The summed E-state index contributed by atoms with van der Waals surface area (Å²) < 4.78 is 5.19. The lowest BCUT2D eigenvalue weighted by atomic mass is 10.4. The number of nitrogens with two attached hydrogens (primary N) is 1. The predicted octanol–water partition coefficient (Wildman–Crippen LogP) is 1.51. The summed E-state index contributed by atoms with van der Waals surface area (Å²) in [6.45, 7) is 1.74. The molecule has 0 radical (unpaired) electrons. The van der Waals surface area contributed by atoms with Crippen LogP contribution in [0.4, 0.5) is 5.69 Å². The summed E-state index contributed by atoms with van der Waals surface area (Å²) in [5.74, 6) is 0.538. The number of nitrogen functional groups attached to an aromatic ring is 1. The van der Waals surface area contributed by atoms with Crippen LogP contribution in [0.25, 0.3) is 0 Å². The second-order valence-corrected chi connectivity index (χ2v) is 3.59. The topological polar surface area (TPSA) is 77.8 Å². The van der Waals surface area contributed by atoms with Crippen LogP contribution >= 0.6 is 11.8 Å². The van der Waals surface area contributed by atoms with Gasteiger partial charge in [-0.25, -0.2) is 4.98 Å². The van der Waals surface area contributed by atoms with Gasteiger partial charge in [-0.3, -0.25) is 0 Å². The van der Waals surface area contributed by atoms with Gasteiger partial charge in [0, 0.05) is 18.8 Å². The first-order valence-corrected chi connectivity index (χ1v) is 4.75. The Balaban J connectivity index is 2.18. The summed E-state index contributed by atoms with van der Waals surface area (Å²) >= 11 is 1.29. The van der Waals surface area contributed by atoms with Crippen LogP contribution in [-0.4, -0.2) is 15.2 Å². The number of aryl methyl sites for hydroxylation is 1. The molecule has 2 aromatic heterocycles. The highest BCUT2D eigenvalue weighted by Gasteiger charge is 2.05. The van der Waals surface area contributed by atoms with E-state index >= 15 is 0 Å². The van der Waals surface area contributed by atoms with Crippen molar-refractivity contribution in [2.24, 2.45) is 0 Å². The van der Waals surface area contributed by atoms with Crippen LogP contribution in [0, 0.1) is 6.92 Å². The fourth-order valence-electron chi connectivity index (χ4n) is 0.890.